The Hall–Kier alpha value is -4.85. The number of amides is 2. The predicted octanol–water partition coefficient (Wildman–Crippen LogP) is 7.44. The fourth-order valence-electron chi connectivity index (χ4n) is 4.85. The van der Waals surface area contributed by atoms with Crippen LogP contribution < -0.4 is 4.90 Å². The molecule has 2 amide bonds. The zero-order chi connectivity index (χ0) is 29.5. The minimum Gasteiger partial charge on any atom is -0.451 e. The van der Waals surface area contributed by atoms with Gasteiger partial charge in [0.1, 0.15) is 0 Å². The predicted molar refractivity (Wildman–Crippen MR) is 160 cm³/mol. The van der Waals surface area contributed by atoms with Crippen molar-refractivity contribution in [2.75, 3.05) is 4.90 Å². The van der Waals surface area contributed by atoms with Crippen LogP contribution in [0.3, 0.4) is 0 Å². The Morgan fingerprint density at radius 2 is 1.40 bits per heavy atom. The first-order valence-electron chi connectivity index (χ1n) is 12.9. The number of fused-ring (bicyclic) bond motifs is 2. The van der Waals surface area contributed by atoms with E-state index in [2.05, 4.69) is 0 Å². The van der Waals surface area contributed by atoms with E-state index in [-0.39, 0.29) is 11.3 Å². The van der Waals surface area contributed by atoms with Crippen molar-refractivity contribution in [3.05, 3.63) is 129 Å². The molecule has 0 aliphatic carbocycles. The molecule has 42 heavy (non-hydrogen) atoms. The molecule has 1 unspecified atom stereocenters. The Morgan fingerprint density at radius 3 is 2.05 bits per heavy atom. The summed E-state index contributed by atoms with van der Waals surface area (Å²) in [5.74, 6) is -1.88. The van der Waals surface area contributed by atoms with Crippen LogP contribution in [0.4, 0.5) is 5.69 Å². The Kier molecular flexibility index (Phi) is 7.06. The van der Waals surface area contributed by atoms with Crippen LogP contribution in [0, 0.1) is 0 Å². The number of hydrogen-bond acceptors (Lipinski definition) is 6. The van der Waals surface area contributed by atoms with Gasteiger partial charge in [-0.1, -0.05) is 47.5 Å². The number of carbonyl (C=O) groups excluding carboxylic acids is 4. The molecule has 7 nitrogen and oxygen atoms in total. The highest BCUT2D eigenvalue weighted by Crippen LogP contribution is 2.32. The number of anilines is 1. The van der Waals surface area contributed by atoms with Gasteiger partial charge in [-0.15, -0.1) is 0 Å². The third-order valence-electron chi connectivity index (χ3n) is 6.99. The van der Waals surface area contributed by atoms with Gasteiger partial charge in [0.2, 0.25) is 5.78 Å². The molecule has 5 aromatic rings. The molecule has 206 valence electrons. The SMILES string of the molecule is CC(OC(=O)c1cc(-c2ccc(N3C(=O)c4ccccc4C3=O)cc2)nc2ccc(Cl)cc12)C(=O)c1ccc(Cl)cc1. The van der Waals surface area contributed by atoms with Crippen molar-refractivity contribution < 1.29 is 23.9 Å². The molecular weight excluding hydrogens is 575 g/mol. The summed E-state index contributed by atoms with van der Waals surface area (Å²) < 4.78 is 5.59. The molecule has 0 radical (unpaired) electrons. The summed E-state index contributed by atoms with van der Waals surface area (Å²) in [6.07, 6.45) is -1.07. The Morgan fingerprint density at radius 1 is 0.786 bits per heavy atom. The minimum absolute atomic E-state index is 0.178. The summed E-state index contributed by atoms with van der Waals surface area (Å²) in [4.78, 5) is 57.9. The van der Waals surface area contributed by atoms with Crippen molar-refractivity contribution >= 4 is 63.4 Å². The van der Waals surface area contributed by atoms with Crippen molar-refractivity contribution in [2.24, 2.45) is 0 Å². The summed E-state index contributed by atoms with van der Waals surface area (Å²) in [6.45, 7) is 1.50. The Labute approximate surface area is 250 Å². The van der Waals surface area contributed by atoms with Crippen LogP contribution in [0.2, 0.25) is 10.0 Å². The zero-order valence-corrected chi connectivity index (χ0v) is 23.5. The van der Waals surface area contributed by atoms with E-state index in [1.165, 1.54) is 6.92 Å². The van der Waals surface area contributed by atoms with Crippen molar-refractivity contribution in [1.82, 2.24) is 4.98 Å². The lowest BCUT2D eigenvalue weighted by Crippen LogP contribution is -2.29. The molecule has 4 aromatic carbocycles. The number of benzene rings is 4. The number of rotatable bonds is 6. The summed E-state index contributed by atoms with van der Waals surface area (Å²) in [7, 11) is 0. The van der Waals surface area contributed by atoms with E-state index in [0.717, 1.165) is 4.90 Å². The summed E-state index contributed by atoms with van der Waals surface area (Å²) in [5.41, 5.74) is 3.23. The van der Waals surface area contributed by atoms with Crippen LogP contribution in [-0.2, 0) is 4.74 Å². The molecule has 6 rings (SSSR count). The monoisotopic (exact) mass is 594 g/mol. The third-order valence-corrected chi connectivity index (χ3v) is 7.47. The number of imide groups is 1. The van der Waals surface area contributed by atoms with Gasteiger partial charge in [-0.2, -0.15) is 0 Å². The first-order valence-corrected chi connectivity index (χ1v) is 13.7. The lowest BCUT2D eigenvalue weighted by molar-refractivity contribution is 0.0320. The largest absolute Gasteiger partial charge is 0.451 e. The van der Waals surface area contributed by atoms with Gasteiger partial charge in [-0.3, -0.25) is 14.4 Å². The second-order valence-corrected chi connectivity index (χ2v) is 10.5. The molecule has 1 atom stereocenters. The van der Waals surface area contributed by atoms with E-state index in [0.29, 0.717) is 54.6 Å². The van der Waals surface area contributed by atoms with E-state index in [4.69, 9.17) is 32.9 Å². The molecule has 2 heterocycles. The molecule has 1 aromatic heterocycles. The second-order valence-electron chi connectivity index (χ2n) is 9.67. The normalized spacial score (nSPS) is 13.3. The van der Waals surface area contributed by atoms with Gasteiger partial charge in [0.25, 0.3) is 11.8 Å². The third kappa shape index (κ3) is 4.93. The number of halogens is 2. The summed E-state index contributed by atoms with van der Waals surface area (Å²) >= 11 is 12.2. The second kappa shape index (κ2) is 10.9. The minimum atomic E-state index is -1.07. The highest BCUT2D eigenvalue weighted by atomic mass is 35.5. The quantitative estimate of drug-likeness (QED) is 0.115. The average molecular weight is 595 g/mol. The van der Waals surface area contributed by atoms with Gasteiger partial charge < -0.3 is 4.74 Å². The Bertz CT molecular complexity index is 1890. The van der Waals surface area contributed by atoms with Gasteiger partial charge in [-0.25, -0.2) is 14.7 Å². The van der Waals surface area contributed by atoms with Crippen molar-refractivity contribution in [3.8, 4) is 11.3 Å². The number of nitrogens with zero attached hydrogens (tertiary/aromatic N) is 2. The first-order chi connectivity index (χ1) is 20.2. The molecule has 1 aliphatic rings. The number of Topliss-reactive ketones (excluding diaryl/α,β-unsaturated/α-hetero) is 1. The van der Waals surface area contributed by atoms with Crippen LogP contribution in [0.25, 0.3) is 22.2 Å². The standard InChI is InChI=1S/C33H20Cl2N2O5/c1-18(30(38)20-6-10-21(34)11-7-20)42-33(41)27-17-29(36-28-15-12-22(35)16-26(27)28)19-8-13-23(14-9-19)37-31(39)24-4-2-3-5-25(24)32(37)40/h2-18H,1H3. The molecule has 0 bridgehead atoms. The molecule has 0 fully saturated rings. The number of ether oxygens (including phenoxy) is 1. The molecule has 0 saturated heterocycles. The van der Waals surface area contributed by atoms with Crippen molar-refractivity contribution in [2.45, 2.75) is 13.0 Å². The molecule has 9 heteroatoms. The lowest BCUT2D eigenvalue weighted by Gasteiger charge is -2.16. The van der Waals surface area contributed by atoms with Crippen LogP contribution in [0.5, 0.6) is 0 Å². The highest BCUT2D eigenvalue weighted by molar-refractivity contribution is 6.34. The fourth-order valence-corrected chi connectivity index (χ4v) is 5.14. The van der Waals surface area contributed by atoms with Crippen molar-refractivity contribution in [3.63, 3.8) is 0 Å². The number of carbonyl (C=O) groups is 4. The van der Waals surface area contributed by atoms with Crippen molar-refractivity contribution in [1.29, 1.82) is 0 Å². The van der Waals surface area contributed by atoms with Gasteiger partial charge in [0.15, 0.2) is 6.10 Å². The maximum Gasteiger partial charge on any atom is 0.339 e. The van der Waals surface area contributed by atoms with Gasteiger partial charge in [-0.05, 0) is 79.7 Å². The molecule has 1 aliphatic heterocycles. The maximum atomic E-state index is 13.4. The number of pyridine rings is 1. The number of ketones is 1. The topological polar surface area (TPSA) is 93.6 Å². The average Bonchev–Trinajstić information content (AvgIpc) is 3.26. The molecule has 0 spiro atoms. The van der Waals surface area contributed by atoms with E-state index in [1.54, 1.807) is 97.1 Å². The number of hydrogen-bond donors (Lipinski definition) is 0. The lowest BCUT2D eigenvalue weighted by atomic mass is 10.0. The number of aromatic nitrogens is 1. The smallest absolute Gasteiger partial charge is 0.339 e. The highest BCUT2D eigenvalue weighted by Gasteiger charge is 2.36. The van der Waals surface area contributed by atoms with E-state index in [1.807, 2.05) is 0 Å². The van der Waals surface area contributed by atoms with Crippen LogP contribution >= 0.6 is 23.2 Å². The molecule has 0 saturated carbocycles. The fraction of sp³-hybridized carbons (Fsp3) is 0.0606. The molecule has 0 N–H and O–H groups in total. The summed E-state index contributed by atoms with van der Waals surface area (Å²) in [5, 5.41) is 1.35. The van der Waals surface area contributed by atoms with E-state index in [9.17, 15) is 19.2 Å². The zero-order valence-electron chi connectivity index (χ0n) is 22.0. The molecular formula is C33H20Cl2N2O5. The maximum absolute atomic E-state index is 13.4. The van der Waals surface area contributed by atoms with E-state index >= 15 is 0 Å². The van der Waals surface area contributed by atoms with Crippen LogP contribution in [0.15, 0.2) is 97.1 Å². The summed E-state index contributed by atoms with van der Waals surface area (Å²) in [6, 6.07) is 26.3. The van der Waals surface area contributed by atoms with Gasteiger partial charge >= 0.3 is 5.97 Å². The van der Waals surface area contributed by atoms with Gasteiger partial charge in [0.05, 0.1) is 33.6 Å². The Balaban J connectivity index is 1.31. The van der Waals surface area contributed by atoms with Gasteiger partial charge in [0, 0.05) is 26.6 Å². The van der Waals surface area contributed by atoms with Crippen LogP contribution in [0.1, 0.15) is 48.4 Å². The van der Waals surface area contributed by atoms with Crippen LogP contribution in [-0.4, -0.2) is 34.7 Å². The van der Waals surface area contributed by atoms with E-state index < -0.39 is 23.9 Å². The first kappa shape index (κ1) is 27.3. The number of esters is 1.